The van der Waals surface area contributed by atoms with Gasteiger partial charge in [0.15, 0.2) is 0 Å². The van der Waals surface area contributed by atoms with Gasteiger partial charge >= 0.3 is 0 Å². The maximum Gasteiger partial charge on any atom is 0.131 e. The predicted octanol–water partition coefficient (Wildman–Crippen LogP) is 3.01. The van der Waals surface area contributed by atoms with Crippen molar-refractivity contribution < 1.29 is 0 Å². The highest BCUT2D eigenvalue weighted by molar-refractivity contribution is 5.07. The third-order valence-corrected chi connectivity index (χ3v) is 3.32. The molecule has 0 unspecified atom stereocenters. The molecule has 0 aromatic carbocycles. The summed E-state index contributed by atoms with van der Waals surface area (Å²) in [5.41, 5.74) is 2.29. The Morgan fingerprint density at radius 2 is 1.95 bits per heavy atom. The minimum atomic E-state index is 0.361. The van der Waals surface area contributed by atoms with Gasteiger partial charge in [-0.2, -0.15) is 5.10 Å². The summed E-state index contributed by atoms with van der Waals surface area (Å²) in [4.78, 5) is 11.2. The van der Waals surface area contributed by atoms with E-state index < -0.39 is 0 Å². The fourth-order valence-corrected chi connectivity index (χ4v) is 2.16. The average Bonchev–Trinajstić information content (AvgIpc) is 2.87. The predicted molar refractivity (Wildman–Crippen MR) is 83.9 cm³/mol. The van der Waals surface area contributed by atoms with Crippen molar-refractivity contribution in [3.05, 3.63) is 41.7 Å². The Morgan fingerprint density at radius 3 is 2.57 bits per heavy atom. The molecule has 0 saturated carbocycles. The molecular weight excluding hydrogens is 262 g/mol. The Bertz CT molecular complexity index is 574. The summed E-state index contributed by atoms with van der Waals surface area (Å²) < 4.78 is 1.99. The van der Waals surface area contributed by atoms with Crippen LogP contribution in [0.2, 0.25) is 0 Å². The van der Waals surface area contributed by atoms with E-state index in [1.807, 2.05) is 23.1 Å². The standard InChI is InChI=1S/C16H25N5/c1-12(2)16-17-7-6-15(19-16)11-20(5)9-14-8-18-21(10-14)13(3)4/h6-8,10,12-13H,9,11H2,1-5H3. The van der Waals surface area contributed by atoms with Gasteiger partial charge in [-0.3, -0.25) is 9.58 Å². The van der Waals surface area contributed by atoms with Gasteiger partial charge in [0.2, 0.25) is 0 Å². The van der Waals surface area contributed by atoms with Crippen LogP contribution in [-0.4, -0.2) is 31.7 Å². The van der Waals surface area contributed by atoms with Crippen LogP contribution in [0.25, 0.3) is 0 Å². The molecule has 0 aliphatic carbocycles. The quantitative estimate of drug-likeness (QED) is 0.819. The molecule has 2 rings (SSSR count). The van der Waals surface area contributed by atoms with E-state index in [-0.39, 0.29) is 0 Å². The second-order valence-electron chi connectivity index (χ2n) is 6.16. The van der Waals surface area contributed by atoms with E-state index in [9.17, 15) is 0 Å². The van der Waals surface area contributed by atoms with E-state index in [4.69, 9.17) is 0 Å². The molecule has 0 bridgehead atoms. The van der Waals surface area contributed by atoms with Gasteiger partial charge in [0.1, 0.15) is 5.82 Å². The Balaban J connectivity index is 1.97. The number of rotatable bonds is 6. The summed E-state index contributed by atoms with van der Waals surface area (Å²) in [5.74, 6) is 1.27. The first kappa shape index (κ1) is 15.6. The first-order chi connectivity index (χ1) is 9.95. The van der Waals surface area contributed by atoms with Gasteiger partial charge in [0.05, 0.1) is 11.9 Å². The van der Waals surface area contributed by atoms with Crippen LogP contribution in [0.15, 0.2) is 24.7 Å². The normalized spacial score (nSPS) is 11.8. The van der Waals surface area contributed by atoms with Gasteiger partial charge < -0.3 is 0 Å². The number of nitrogens with zero attached hydrogens (tertiary/aromatic N) is 5. The molecule has 0 atom stereocenters. The molecule has 2 aromatic rings. The fourth-order valence-electron chi connectivity index (χ4n) is 2.16. The molecule has 2 aromatic heterocycles. The van der Waals surface area contributed by atoms with Crippen molar-refractivity contribution in [3.63, 3.8) is 0 Å². The van der Waals surface area contributed by atoms with Crippen LogP contribution in [0.4, 0.5) is 0 Å². The lowest BCUT2D eigenvalue weighted by Crippen LogP contribution is -2.18. The molecule has 0 N–H and O–H groups in total. The van der Waals surface area contributed by atoms with Gasteiger partial charge in [-0.05, 0) is 27.0 Å². The van der Waals surface area contributed by atoms with E-state index in [1.165, 1.54) is 5.56 Å². The van der Waals surface area contributed by atoms with Crippen LogP contribution in [0, 0.1) is 0 Å². The lowest BCUT2D eigenvalue weighted by molar-refractivity contribution is 0.314. The fraction of sp³-hybridized carbons (Fsp3) is 0.562. The van der Waals surface area contributed by atoms with E-state index >= 15 is 0 Å². The molecule has 114 valence electrons. The zero-order valence-electron chi connectivity index (χ0n) is 13.6. The summed E-state index contributed by atoms with van der Waals surface area (Å²) in [6.45, 7) is 10.2. The third-order valence-electron chi connectivity index (χ3n) is 3.32. The van der Waals surface area contributed by atoms with Crippen molar-refractivity contribution in [3.8, 4) is 0 Å². The SMILES string of the molecule is CC(C)c1nccc(CN(C)Cc2cnn(C(C)C)c2)n1. The average molecular weight is 287 g/mol. The van der Waals surface area contributed by atoms with Crippen LogP contribution in [-0.2, 0) is 13.1 Å². The van der Waals surface area contributed by atoms with Crippen molar-refractivity contribution in [1.29, 1.82) is 0 Å². The number of hydrogen-bond donors (Lipinski definition) is 0. The van der Waals surface area contributed by atoms with Gasteiger partial charge in [-0.1, -0.05) is 13.8 Å². The van der Waals surface area contributed by atoms with Crippen LogP contribution in [0.1, 0.15) is 56.7 Å². The zero-order chi connectivity index (χ0) is 15.4. The first-order valence-electron chi connectivity index (χ1n) is 7.49. The first-order valence-corrected chi connectivity index (χ1v) is 7.49. The summed E-state index contributed by atoms with van der Waals surface area (Å²) in [6.07, 6.45) is 5.90. The summed E-state index contributed by atoms with van der Waals surface area (Å²) in [6, 6.07) is 2.39. The topological polar surface area (TPSA) is 46.8 Å². The molecule has 0 aliphatic rings. The second-order valence-corrected chi connectivity index (χ2v) is 6.16. The molecule has 0 fully saturated rings. The molecule has 0 saturated heterocycles. The smallest absolute Gasteiger partial charge is 0.131 e. The maximum absolute atomic E-state index is 4.61. The molecule has 0 aliphatic heterocycles. The second kappa shape index (κ2) is 6.80. The maximum atomic E-state index is 4.61. The highest BCUT2D eigenvalue weighted by Gasteiger charge is 2.08. The van der Waals surface area contributed by atoms with Crippen molar-refractivity contribution in [2.75, 3.05) is 7.05 Å². The Hall–Kier alpha value is -1.75. The van der Waals surface area contributed by atoms with Crippen LogP contribution in [0.5, 0.6) is 0 Å². The molecule has 0 spiro atoms. The van der Waals surface area contributed by atoms with Crippen molar-refractivity contribution >= 4 is 0 Å². The molecule has 0 radical (unpaired) electrons. The minimum Gasteiger partial charge on any atom is -0.296 e. The van der Waals surface area contributed by atoms with Gasteiger partial charge in [-0.15, -0.1) is 0 Å². The summed E-state index contributed by atoms with van der Waals surface area (Å²) >= 11 is 0. The largest absolute Gasteiger partial charge is 0.296 e. The van der Waals surface area contributed by atoms with E-state index in [0.29, 0.717) is 12.0 Å². The summed E-state index contributed by atoms with van der Waals surface area (Å²) in [7, 11) is 2.10. The molecular formula is C16H25N5. The van der Waals surface area contributed by atoms with Crippen molar-refractivity contribution in [1.82, 2.24) is 24.6 Å². The lowest BCUT2D eigenvalue weighted by atomic mass is 10.2. The third kappa shape index (κ3) is 4.36. The number of aromatic nitrogens is 4. The minimum absolute atomic E-state index is 0.361. The lowest BCUT2D eigenvalue weighted by Gasteiger charge is -2.15. The highest BCUT2D eigenvalue weighted by atomic mass is 15.3. The highest BCUT2D eigenvalue weighted by Crippen LogP contribution is 2.11. The van der Waals surface area contributed by atoms with Gasteiger partial charge in [0, 0.05) is 43.0 Å². The van der Waals surface area contributed by atoms with Crippen molar-refractivity contribution in [2.45, 2.75) is 52.7 Å². The monoisotopic (exact) mass is 287 g/mol. The Labute approximate surface area is 127 Å². The molecule has 21 heavy (non-hydrogen) atoms. The Kier molecular flexibility index (Phi) is 5.07. The molecule has 5 heteroatoms. The zero-order valence-corrected chi connectivity index (χ0v) is 13.6. The molecule has 0 amide bonds. The van der Waals surface area contributed by atoms with Crippen LogP contribution < -0.4 is 0 Å². The van der Waals surface area contributed by atoms with E-state index in [2.05, 4.69) is 60.9 Å². The molecule has 2 heterocycles. The summed E-state index contributed by atoms with van der Waals surface area (Å²) in [5, 5.41) is 4.38. The van der Waals surface area contributed by atoms with Gasteiger partial charge in [-0.25, -0.2) is 9.97 Å². The Morgan fingerprint density at radius 1 is 1.19 bits per heavy atom. The van der Waals surface area contributed by atoms with Gasteiger partial charge in [0.25, 0.3) is 0 Å². The van der Waals surface area contributed by atoms with E-state index in [0.717, 1.165) is 24.6 Å². The number of hydrogen-bond acceptors (Lipinski definition) is 4. The van der Waals surface area contributed by atoms with Crippen LogP contribution >= 0.6 is 0 Å². The van der Waals surface area contributed by atoms with Crippen LogP contribution in [0.3, 0.4) is 0 Å². The molecule has 5 nitrogen and oxygen atoms in total. The van der Waals surface area contributed by atoms with Crippen molar-refractivity contribution in [2.24, 2.45) is 0 Å². The van der Waals surface area contributed by atoms with E-state index in [1.54, 1.807) is 0 Å².